The number of carbonyl (C=O) groups excluding carboxylic acids is 1. The van der Waals surface area contributed by atoms with Crippen LogP contribution < -0.4 is 10.6 Å². The highest BCUT2D eigenvalue weighted by molar-refractivity contribution is 5.85. The fourth-order valence-electron chi connectivity index (χ4n) is 2.86. The molecule has 2 unspecified atom stereocenters. The van der Waals surface area contributed by atoms with Crippen molar-refractivity contribution in [3.05, 3.63) is 0 Å². The number of carbonyl (C=O) groups is 1. The van der Waals surface area contributed by atoms with Crippen molar-refractivity contribution in [1.82, 2.24) is 15.5 Å². The molecule has 2 heterocycles. The maximum atomic E-state index is 12.5. The largest absolute Gasteiger partial charge is 0.378 e. The molecule has 2 atom stereocenters. The number of piperazine rings is 1. The lowest BCUT2D eigenvalue weighted by Crippen LogP contribution is -2.61. The van der Waals surface area contributed by atoms with Crippen molar-refractivity contribution in [3.63, 3.8) is 0 Å². The summed E-state index contributed by atoms with van der Waals surface area (Å²) >= 11 is 0. The highest BCUT2D eigenvalue weighted by atomic mass is 16.5. The Balaban J connectivity index is 1.89. The molecule has 0 aromatic heterocycles. The first-order chi connectivity index (χ1) is 9.00. The van der Waals surface area contributed by atoms with Gasteiger partial charge in [0.15, 0.2) is 0 Å². The Kier molecular flexibility index (Phi) is 4.81. The van der Waals surface area contributed by atoms with Crippen molar-refractivity contribution < 1.29 is 9.53 Å². The summed E-state index contributed by atoms with van der Waals surface area (Å²) in [5.74, 6) is 0.147. The van der Waals surface area contributed by atoms with Crippen LogP contribution >= 0.6 is 0 Å². The molecule has 0 aromatic carbocycles. The van der Waals surface area contributed by atoms with Gasteiger partial charge < -0.3 is 15.4 Å². The molecule has 2 saturated heterocycles. The second-order valence-electron chi connectivity index (χ2n) is 6.17. The minimum atomic E-state index is -0.427. The molecule has 0 bridgehead atoms. The number of hydrogen-bond acceptors (Lipinski definition) is 4. The fraction of sp³-hybridized carbons (Fsp3) is 0.929. The predicted molar refractivity (Wildman–Crippen MR) is 75.1 cm³/mol. The minimum Gasteiger partial charge on any atom is -0.378 e. The zero-order valence-electron chi connectivity index (χ0n) is 12.4. The van der Waals surface area contributed by atoms with E-state index in [-0.39, 0.29) is 18.1 Å². The summed E-state index contributed by atoms with van der Waals surface area (Å²) in [4.78, 5) is 14.8. The molecule has 19 heavy (non-hydrogen) atoms. The average Bonchev–Trinajstić information content (AvgIpc) is 2.39. The summed E-state index contributed by atoms with van der Waals surface area (Å²) in [5, 5.41) is 6.53. The van der Waals surface area contributed by atoms with Crippen molar-refractivity contribution in [2.24, 2.45) is 0 Å². The van der Waals surface area contributed by atoms with E-state index in [0.29, 0.717) is 0 Å². The maximum absolute atomic E-state index is 12.5. The van der Waals surface area contributed by atoms with Crippen molar-refractivity contribution in [3.8, 4) is 0 Å². The van der Waals surface area contributed by atoms with Crippen LogP contribution in [0.5, 0.6) is 0 Å². The molecule has 0 aromatic rings. The zero-order chi connectivity index (χ0) is 13.9. The SMILES string of the molecule is CC1CC(NC(=O)C(C)(C)N2CCNCC2)CCO1. The van der Waals surface area contributed by atoms with Crippen LogP contribution in [0.1, 0.15) is 33.6 Å². The van der Waals surface area contributed by atoms with Gasteiger partial charge in [-0.15, -0.1) is 0 Å². The minimum absolute atomic E-state index is 0.147. The molecule has 0 spiro atoms. The van der Waals surface area contributed by atoms with Gasteiger partial charge in [-0.25, -0.2) is 0 Å². The molecule has 5 nitrogen and oxygen atoms in total. The lowest BCUT2D eigenvalue weighted by Gasteiger charge is -2.41. The number of nitrogens with one attached hydrogen (secondary N) is 2. The Morgan fingerprint density at radius 2 is 2.05 bits per heavy atom. The van der Waals surface area contributed by atoms with Gasteiger partial charge in [0.05, 0.1) is 11.6 Å². The Labute approximate surface area is 116 Å². The third-order valence-electron chi connectivity index (χ3n) is 4.28. The van der Waals surface area contributed by atoms with Crippen molar-refractivity contribution >= 4 is 5.91 Å². The predicted octanol–water partition coefficient (Wildman–Crippen LogP) is 0.354. The molecular weight excluding hydrogens is 242 g/mol. The lowest BCUT2D eigenvalue weighted by atomic mass is 9.97. The Bertz CT molecular complexity index is 314. The van der Waals surface area contributed by atoms with Crippen LogP contribution in [-0.2, 0) is 9.53 Å². The van der Waals surface area contributed by atoms with Crippen molar-refractivity contribution in [2.45, 2.75) is 51.3 Å². The van der Waals surface area contributed by atoms with Crippen LogP contribution in [0.25, 0.3) is 0 Å². The van der Waals surface area contributed by atoms with Crippen molar-refractivity contribution in [1.29, 1.82) is 0 Å². The van der Waals surface area contributed by atoms with E-state index in [1.54, 1.807) is 0 Å². The summed E-state index contributed by atoms with van der Waals surface area (Å²) in [6, 6.07) is 0.262. The first-order valence-electron chi connectivity index (χ1n) is 7.38. The summed E-state index contributed by atoms with van der Waals surface area (Å²) in [5.41, 5.74) is -0.427. The third kappa shape index (κ3) is 3.68. The second-order valence-corrected chi connectivity index (χ2v) is 6.17. The first-order valence-corrected chi connectivity index (χ1v) is 7.38. The molecule has 5 heteroatoms. The molecule has 2 rings (SSSR count). The van der Waals surface area contributed by atoms with Crippen LogP contribution in [0, 0.1) is 0 Å². The van der Waals surface area contributed by atoms with Gasteiger partial charge in [0.2, 0.25) is 5.91 Å². The molecular formula is C14H27N3O2. The number of nitrogens with zero attached hydrogens (tertiary/aromatic N) is 1. The summed E-state index contributed by atoms with van der Waals surface area (Å²) in [6.45, 7) is 10.7. The Hall–Kier alpha value is -0.650. The molecule has 2 aliphatic rings. The van der Waals surface area contributed by atoms with Crippen LogP contribution in [-0.4, -0.2) is 61.3 Å². The van der Waals surface area contributed by atoms with Crippen LogP contribution in [0.15, 0.2) is 0 Å². The molecule has 110 valence electrons. The van der Waals surface area contributed by atoms with E-state index in [4.69, 9.17) is 4.74 Å². The van der Waals surface area contributed by atoms with E-state index in [2.05, 4.69) is 22.5 Å². The number of amides is 1. The molecule has 0 radical (unpaired) electrons. The van der Waals surface area contributed by atoms with Gasteiger partial charge in [-0.3, -0.25) is 9.69 Å². The highest BCUT2D eigenvalue weighted by Gasteiger charge is 2.36. The van der Waals surface area contributed by atoms with Gasteiger partial charge >= 0.3 is 0 Å². The van der Waals surface area contributed by atoms with Crippen molar-refractivity contribution in [2.75, 3.05) is 32.8 Å². The van der Waals surface area contributed by atoms with E-state index in [9.17, 15) is 4.79 Å². The normalized spacial score (nSPS) is 30.1. The van der Waals surface area contributed by atoms with Gasteiger partial charge in [0.25, 0.3) is 0 Å². The monoisotopic (exact) mass is 269 g/mol. The fourth-order valence-corrected chi connectivity index (χ4v) is 2.86. The van der Waals surface area contributed by atoms with Crippen LogP contribution in [0.2, 0.25) is 0 Å². The van der Waals surface area contributed by atoms with E-state index in [0.717, 1.165) is 45.6 Å². The molecule has 2 N–H and O–H groups in total. The van der Waals surface area contributed by atoms with Gasteiger partial charge in [-0.1, -0.05) is 0 Å². The van der Waals surface area contributed by atoms with Gasteiger partial charge in [-0.05, 0) is 33.6 Å². The molecule has 2 fully saturated rings. The van der Waals surface area contributed by atoms with E-state index < -0.39 is 5.54 Å². The number of hydrogen-bond donors (Lipinski definition) is 2. The molecule has 2 aliphatic heterocycles. The lowest BCUT2D eigenvalue weighted by molar-refractivity contribution is -0.133. The molecule has 0 saturated carbocycles. The highest BCUT2D eigenvalue weighted by Crippen LogP contribution is 2.18. The first kappa shape index (κ1) is 14.8. The second kappa shape index (κ2) is 6.20. The Morgan fingerprint density at radius 1 is 1.37 bits per heavy atom. The zero-order valence-corrected chi connectivity index (χ0v) is 12.4. The van der Waals surface area contributed by atoms with E-state index in [1.807, 2.05) is 13.8 Å². The van der Waals surface area contributed by atoms with Gasteiger partial charge in [0.1, 0.15) is 0 Å². The quantitative estimate of drug-likeness (QED) is 0.776. The number of rotatable bonds is 3. The summed E-state index contributed by atoms with van der Waals surface area (Å²) in [6.07, 6.45) is 2.10. The topological polar surface area (TPSA) is 53.6 Å². The van der Waals surface area contributed by atoms with E-state index >= 15 is 0 Å². The van der Waals surface area contributed by atoms with Gasteiger partial charge in [0, 0.05) is 38.8 Å². The Morgan fingerprint density at radius 3 is 2.68 bits per heavy atom. The van der Waals surface area contributed by atoms with E-state index in [1.165, 1.54) is 0 Å². The smallest absolute Gasteiger partial charge is 0.240 e. The van der Waals surface area contributed by atoms with Crippen LogP contribution in [0.4, 0.5) is 0 Å². The number of ether oxygens (including phenoxy) is 1. The van der Waals surface area contributed by atoms with Crippen LogP contribution in [0.3, 0.4) is 0 Å². The van der Waals surface area contributed by atoms with Gasteiger partial charge in [-0.2, -0.15) is 0 Å². The summed E-state index contributed by atoms with van der Waals surface area (Å²) in [7, 11) is 0. The molecule has 0 aliphatic carbocycles. The third-order valence-corrected chi connectivity index (χ3v) is 4.28. The average molecular weight is 269 g/mol. The standard InChI is InChI=1S/C14H27N3O2/c1-11-10-12(4-9-19-11)16-13(18)14(2,3)17-7-5-15-6-8-17/h11-12,15H,4-10H2,1-3H3,(H,16,18). The summed E-state index contributed by atoms with van der Waals surface area (Å²) < 4.78 is 5.52. The molecule has 1 amide bonds. The maximum Gasteiger partial charge on any atom is 0.240 e.